The highest BCUT2D eigenvalue weighted by molar-refractivity contribution is 5.82. The maximum absolute atomic E-state index is 12.2. The number of hydrogen-bond acceptors (Lipinski definition) is 4. The minimum absolute atomic E-state index is 0.139. The van der Waals surface area contributed by atoms with E-state index in [-0.39, 0.29) is 5.97 Å². The van der Waals surface area contributed by atoms with E-state index in [0.29, 0.717) is 6.61 Å². The molecule has 94 valence electrons. The molecule has 5 heteroatoms. The predicted octanol–water partition coefficient (Wildman–Crippen LogP) is 1.67. The predicted molar refractivity (Wildman–Crippen MR) is 62.5 cm³/mol. The highest BCUT2D eigenvalue weighted by Crippen LogP contribution is 2.41. The van der Waals surface area contributed by atoms with Crippen LogP contribution in [0.3, 0.4) is 0 Å². The first-order valence-electron chi connectivity index (χ1n) is 6.30. The fourth-order valence-corrected chi connectivity index (χ4v) is 2.62. The molecule has 1 saturated carbocycles. The second-order valence-electron chi connectivity index (χ2n) is 4.45. The van der Waals surface area contributed by atoms with Crippen molar-refractivity contribution in [2.24, 2.45) is 0 Å². The average Bonchev–Trinajstić information content (AvgIpc) is 2.98. The number of rotatable bonds is 4. The van der Waals surface area contributed by atoms with Gasteiger partial charge in [-0.1, -0.05) is 12.8 Å². The second kappa shape index (κ2) is 4.85. The van der Waals surface area contributed by atoms with Crippen LogP contribution in [0, 0.1) is 0 Å². The molecule has 2 rings (SSSR count). The molecular formula is C12H19N3O2. The topological polar surface area (TPSA) is 57.0 Å². The molecule has 1 aliphatic rings. The first kappa shape index (κ1) is 12.1. The first-order valence-corrected chi connectivity index (χ1v) is 6.30. The lowest BCUT2D eigenvalue weighted by atomic mass is 9.85. The van der Waals surface area contributed by atoms with Crippen LogP contribution < -0.4 is 0 Å². The molecule has 0 unspecified atom stereocenters. The van der Waals surface area contributed by atoms with Crippen molar-refractivity contribution >= 4 is 5.97 Å². The van der Waals surface area contributed by atoms with Crippen molar-refractivity contribution in [2.75, 3.05) is 6.61 Å². The lowest BCUT2D eigenvalue weighted by Gasteiger charge is -2.25. The molecule has 1 aromatic rings. The molecule has 1 aliphatic carbocycles. The van der Waals surface area contributed by atoms with Crippen molar-refractivity contribution in [2.45, 2.75) is 51.5 Å². The van der Waals surface area contributed by atoms with Gasteiger partial charge in [0.2, 0.25) is 0 Å². The van der Waals surface area contributed by atoms with Crippen LogP contribution in [-0.4, -0.2) is 27.3 Å². The highest BCUT2D eigenvalue weighted by Gasteiger charge is 2.47. The molecule has 5 nitrogen and oxygen atoms in total. The lowest BCUT2D eigenvalue weighted by molar-refractivity contribution is -0.150. The Morgan fingerprint density at radius 3 is 2.76 bits per heavy atom. The van der Waals surface area contributed by atoms with Crippen molar-refractivity contribution < 1.29 is 9.53 Å². The molecule has 1 fully saturated rings. The Morgan fingerprint density at radius 2 is 2.18 bits per heavy atom. The minimum Gasteiger partial charge on any atom is -0.465 e. The highest BCUT2D eigenvalue weighted by atomic mass is 16.5. The molecule has 1 heterocycles. The molecular weight excluding hydrogens is 218 g/mol. The summed E-state index contributed by atoms with van der Waals surface area (Å²) in [6, 6.07) is 0. The first-order chi connectivity index (χ1) is 8.24. The molecule has 0 bridgehead atoms. The number of carbonyl (C=O) groups excluding carboxylic acids is 1. The van der Waals surface area contributed by atoms with E-state index in [2.05, 4.69) is 10.2 Å². The molecule has 17 heavy (non-hydrogen) atoms. The van der Waals surface area contributed by atoms with Gasteiger partial charge in [0.15, 0.2) is 0 Å². The molecule has 0 amide bonds. The van der Waals surface area contributed by atoms with Gasteiger partial charge < -0.3 is 9.30 Å². The van der Waals surface area contributed by atoms with Gasteiger partial charge in [0.25, 0.3) is 0 Å². The van der Waals surface area contributed by atoms with E-state index in [1.54, 1.807) is 6.33 Å². The monoisotopic (exact) mass is 237 g/mol. The summed E-state index contributed by atoms with van der Waals surface area (Å²) in [6.07, 6.45) is 5.44. The summed E-state index contributed by atoms with van der Waals surface area (Å²) in [5.74, 6) is 0.635. The van der Waals surface area contributed by atoms with E-state index in [9.17, 15) is 4.79 Å². The van der Waals surface area contributed by atoms with Gasteiger partial charge in [-0.15, -0.1) is 10.2 Å². The molecule has 0 aromatic carbocycles. The van der Waals surface area contributed by atoms with E-state index in [4.69, 9.17) is 4.74 Å². The smallest absolute Gasteiger partial charge is 0.319 e. The molecule has 0 spiro atoms. The average molecular weight is 237 g/mol. The number of aryl methyl sites for hydroxylation is 1. The maximum Gasteiger partial charge on any atom is 0.319 e. The normalized spacial score (nSPS) is 18.2. The number of aromatic nitrogens is 3. The van der Waals surface area contributed by atoms with E-state index < -0.39 is 5.41 Å². The van der Waals surface area contributed by atoms with Crippen LogP contribution in [0.25, 0.3) is 0 Å². The quantitative estimate of drug-likeness (QED) is 0.747. The summed E-state index contributed by atoms with van der Waals surface area (Å²) in [4.78, 5) is 12.2. The van der Waals surface area contributed by atoms with Crippen LogP contribution >= 0.6 is 0 Å². The van der Waals surface area contributed by atoms with Crippen molar-refractivity contribution in [3.05, 3.63) is 12.2 Å². The summed E-state index contributed by atoms with van der Waals surface area (Å²) >= 11 is 0. The molecule has 0 N–H and O–H groups in total. The summed E-state index contributed by atoms with van der Waals surface area (Å²) in [6.45, 7) is 5.07. The van der Waals surface area contributed by atoms with Crippen molar-refractivity contribution in [3.63, 3.8) is 0 Å². The Bertz CT molecular complexity index is 394. The zero-order valence-electron chi connectivity index (χ0n) is 10.5. The molecule has 1 aromatic heterocycles. The Balaban J connectivity index is 2.37. The summed E-state index contributed by atoms with van der Waals surface area (Å²) in [7, 11) is 0. The van der Waals surface area contributed by atoms with E-state index in [1.165, 1.54) is 0 Å². The number of ether oxygens (including phenoxy) is 1. The van der Waals surface area contributed by atoms with Gasteiger partial charge in [0.05, 0.1) is 6.61 Å². The standard InChI is InChI=1S/C12H19N3O2/c1-3-15-9-13-14-10(15)12(7-5-6-8-12)11(16)17-4-2/h9H,3-8H2,1-2H3. The van der Waals surface area contributed by atoms with Gasteiger partial charge >= 0.3 is 5.97 Å². The van der Waals surface area contributed by atoms with E-state index in [1.807, 2.05) is 18.4 Å². The zero-order chi connectivity index (χ0) is 12.3. The van der Waals surface area contributed by atoms with Crippen LogP contribution in [0.15, 0.2) is 6.33 Å². The lowest BCUT2D eigenvalue weighted by Crippen LogP contribution is -2.37. The Labute approximate surface area is 101 Å². The zero-order valence-corrected chi connectivity index (χ0v) is 10.5. The molecule has 0 saturated heterocycles. The maximum atomic E-state index is 12.2. The summed E-state index contributed by atoms with van der Waals surface area (Å²) in [5, 5.41) is 8.09. The second-order valence-corrected chi connectivity index (χ2v) is 4.45. The third kappa shape index (κ3) is 1.94. The molecule has 0 atom stereocenters. The summed E-state index contributed by atoms with van der Waals surface area (Å²) in [5.41, 5.74) is -0.553. The molecule has 0 aliphatic heterocycles. The fourth-order valence-electron chi connectivity index (χ4n) is 2.62. The number of esters is 1. The van der Waals surface area contributed by atoms with Crippen LogP contribution in [0.4, 0.5) is 0 Å². The van der Waals surface area contributed by atoms with Gasteiger partial charge in [-0.3, -0.25) is 4.79 Å². The van der Waals surface area contributed by atoms with Crippen molar-refractivity contribution in [1.29, 1.82) is 0 Å². The van der Waals surface area contributed by atoms with E-state index in [0.717, 1.165) is 38.1 Å². The van der Waals surface area contributed by atoms with E-state index >= 15 is 0 Å². The van der Waals surface area contributed by atoms with Crippen LogP contribution in [0.1, 0.15) is 45.4 Å². The number of nitrogens with zero attached hydrogens (tertiary/aromatic N) is 3. The Kier molecular flexibility index (Phi) is 3.45. The Hall–Kier alpha value is -1.39. The molecule has 0 radical (unpaired) electrons. The van der Waals surface area contributed by atoms with Crippen LogP contribution in [0.5, 0.6) is 0 Å². The van der Waals surface area contributed by atoms with Gasteiger partial charge in [0, 0.05) is 6.54 Å². The third-order valence-corrected chi connectivity index (χ3v) is 3.51. The van der Waals surface area contributed by atoms with Crippen LogP contribution in [-0.2, 0) is 21.5 Å². The van der Waals surface area contributed by atoms with Gasteiger partial charge in [0.1, 0.15) is 17.6 Å². The number of hydrogen-bond donors (Lipinski definition) is 0. The Morgan fingerprint density at radius 1 is 1.47 bits per heavy atom. The van der Waals surface area contributed by atoms with Crippen LogP contribution in [0.2, 0.25) is 0 Å². The van der Waals surface area contributed by atoms with Gasteiger partial charge in [-0.2, -0.15) is 0 Å². The number of carbonyl (C=O) groups is 1. The third-order valence-electron chi connectivity index (χ3n) is 3.51. The SMILES string of the molecule is CCOC(=O)C1(c2nncn2CC)CCCC1. The van der Waals surface area contributed by atoms with Crippen molar-refractivity contribution in [1.82, 2.24) is 14.8 Å². The minimum atomic E-state index is -0.553. The van der Waals surface area contributed by atoms with Crippen molar-refractivity contribution in [3.8, 4) is 0 Å². The summed E-state index contributed by atoms with van der Waals surface area (Å²) < 4.78 is 7.18. The largest absolute Gasteiger partial charge is 0.465 e. The fraction of sp³-hybridized carbons (Fsp3) is 0.750. The van der Waals surface area contributed by atoms with Gasteiger partial charge in [-0.25, -0.2) is 0 Å². The van der Waals surface area contributed by atoms with Gasteiger partial charge in [-0.05, 0) is 26.7 Å².